The first-order chi connectivity index (χ1) is 8.20. The molecule has 0 spiro atoms. The molecule has 0 atom stereocenters. The molecule has 7 heteroatoms. The summed E-state index contributed by atoms with van der Waals surface area (Å²) in [4.78, 5) is 18.5. The summed E-state index contributed by atoms with van der Waals surface area (Å²) in [5.74, 6) is 1.12. The fourth-order valence-corrected chi connectivity index (χ4v) is 2.03. The minimum Gasteiger partial charge on any atom is -0.364 e. The number of nitrogens with zero attached hydrogens (tertiary/aromatic N) is 3. The van der Waals surface area contributed by atoms with E-state index in [1.807, 2.05) is 13.8 Å². The van der Waals surface area contributed by atoms with Crippen molar-refractivity contribution >= 4 is 23.3 Å². The van der Waals surface area contributed by atoms with E-state index in [0.29, 0.717) is 17.4 Å². The minimum atomic E-state index is -0.421. The highest BCUT2D eigenvalue weighted by atomic mass is 32.2. The van der Waals surface area contributed by atoms with E-state index in [0.717, 1.165) is 18.6 Å². The van der Waals surface area contributed by atoms with E-state index in [9.17, 15) is 10.1 Å². The molecule has 0 aliphatic rings. The smallest absolute Gasteiger partial charge is 0.343 e. The third-order valence-electron chi connectivity index (χ3n) is 1.96. The Balaban J connectivity index is 2.99. The molecule has 0 aliphatic heterocycles. The quantitative estimate of drug-likeness (QED) is 0.349. The van der Waals surface area contributed by atoms with Crippen molar-refractivity contribution in [1.29, 1.82) is 0 Å². The summed E-state index contributed by atoms with van der Waals surface area (Å²) in [5, 5.41) is 14.4. The van der Waals surface area contributed by atoms with Crippen molar-refractivity contribution in [2.75, 3.05) is 17.6 Å². The third-order valence-corrected chi connectivity index (χ3v) is 3.14. The molecule has 0 saturated heterocycles. The van der Waals surface area contributed by atoms with Crippen LogP contribution in [0.1, 0.15) is 26.7 Å². The highest BCUT2D eigenvalue weighted by Crippen LogP contribution is 2.32. The summed E-state index contributed by atoms with van der Waals surface area (Å²) >= 11 is 1.39. The predicted octanol–water partition coefficient (Wildman–Crippen LogP) is 2.71. The Labute approximate surface area is 104 Å². The van der Waals surface area contributed by atoms with Crippen molar-refractivity contribution in [3.8, 4) is 0 Å². The van der Waals surface area contributed by atoms with E-state index in [1.165, 1.54) is 18.1 Å². The van der Waals surface area contributed by atoms with Crippen LogP contribution in [0.2, 0.25) is 0 Å². The summed E-state index contributed by atoms with van der Waals surface area (Å²) in [6, 6.07) is 0. The first-order valence-corrected chi connectivity index (χ1v) is 6.55. The Morgan fingerprint density at radius 2 is 2.18 bits per heavy atom. The van der Waals surface area contributed by atoms with E-state index in [1.54, 1.807) is 0 Å². The summed E-state index contributed by atoms with van der Waals surface area (Å²) < 4.78 is 0. The van der Waals surface area contributed by atoms with Gasteiger partial charge in [-0.2, -0.15) is 0 Å². The Morgan fingerprint density at radius 1 is 1.41 bits per heavy atom. The molecule has 0 saturated carbocycles. The second-order valence-corrected chi connectivity index (χ2v) is 4.49. The van der Waals surface area contributed by atoms with Crippen LogP contribution in [0.15, 0.2) is 11.4 Å². The van der Waals surface area contributed by atoms with Gasteiger partial charge in [-0.25, -0.2) is 9.97 Å². The van der Waals surface area contributed by atoms with Gasteiger partial charge in [0.2, 0.25) is 5.82 Å². The van der Waals surface area contributed by atoms with Gasteiger partial charge in [-0.3, -0.25) is 10.1 Å². The third kappa shape index (κ3) is 3.85. The van der Waals surface area contributed by atoms with Gasteiger partial charge in [-0.1, -0.05) is 25.6 Å². The molecule has 0 fully saturated rings. The number of hydrogen-bond donors (Lipinski definition) is 1. The number of nitro groups is 1. The molecule has 1 heterocycles. The van der Waals surface area contributed by atoms with Crippen LogP contribution in [0.5, 0.6) is 0 Å². The highest BCUT2D eigenvalue weighted by Gasteiger charge is 2.22. The lowest BCUT2D eigenvalue weighted by Gasteiger charge is -2.06. The first-order valence-electron chi connectivity index (χ1n) is 5.56. The van der Waals surface area contributed by atoms with Gasteiger partial charge in [0.05, 0.1) is 4.92 Å². The molecule has 0 radical (unpaired) electrons. The van der Waals surface area contributed by atoms with Crippen LogP contribution in [0.25, 0.3) is 0 Å². The van der Waals surface area contributed by atoms with Gasteiger partial charge in [-0.15, -0.1) is 0 Å². The van der Waals surface area contributed by atoms with E-state index in [2.05, 4.69) is 15.3 Å². The molecule has 0 aromatic carbocycles. The van der Waals surface area contributed by atoms with Crippen molar-refractivity contribution in [2.45, 2.75) is 31.7 Å². The molecule has 0 bridgehead atoms. The Kier molecular flexibility index (Phi) is 5.68. The van der Waals surface area contributed by atoms with Gasteiger partial charge in [0.1, 0.15) is 6.33 Å². The lowest BCUT2D eigenvalue weighted by molar-refractivity contribution is -0.387. The van der Waals surface area contributed by atoms with Gasteiger partial charge in [0.15, 0.2) is 5.03 Å². The van der Waals surface area contributed by atoms with Gasteiger partial charge in [-0.05, 0) is 18.6 Å². The molecule has 0 aliphatic carbocycles. The van der Waals surface area contributed by atoms with Gasteiger partial charge < -0.3 is 5.32 Å². The summed E-state index contributed by atoms with van der Waals surface area (Å²) in [5.41, 5.74) is -0.0144. The number of rotatable bonds is 7. The molecule has 17 heavy (non-hydrogen) atoms. The topological polar surface area (TPSA) is 81.0 Å². The van der Waals surface area contributed by atoms with Crippen LogP contribution in [-0.2, 0) is 0 Å². The minimum absolute atomic E-state index is 0.0144. The van der Waals surface area contributed by atoms with Crippen LogP contribution in [0, 0.1) is 10.1 Å². The van der Waals surface area contributed by atoms with Crippen molar-refractivity contribution < 1.29 is 4.92 Å². The first kappa shape index (κ1) is 13.7. The molecular formula is C10H16N4O2S. The van der Waals surface area contributed by atoms with Gasteiger partial charge >= 0.3 is 5.69 Å². The zero-order chi connectivity index (χ0) is 12.7. The Hall–Kier alpha value is -1.37. The summed E-state index contributed by atoms with van der Waals surface area (Å²) in [7, 11) is 0. The van der Waals surface area contributed by atoms with Crippen LogP contribution in [0.3, 0.4) is 0 Å². The zero-order valence-corrected chi connectivity index (χ0v) is 10.8. The second-order valence-electron chi connectivity index (χ2n) is 3.41. The normalized spacial score (nSPS) is 10.2. The monoisotopic (exact) mass is 256 g/mol. The SMILES string of the molecule is CCCNc1ncnc(SCCC)c1[N+](=O)[O-]. The molecule has 94 valence electrons. The van der Waals surface area contributed by atoms with E-state index in [-0.39, 0.29) is 5.69 Å². The van der Waals surface area contributed by atoms with E-state index in [4.69, 9.17) is 0 Å². The van der Waals surface area contributed by atoms with Crippen LogP contribution >= 0.6 is 11.8 Å². The zero-order valence-electron chi connectivity index (χ0n) is 9.97. The predicted molar refractivity (Wildman–Crippen MR) is 68.5 cm³/mol. The number of anilines is 1. The molecule has 1 N–H and O–H groups in total. The number of nitrogens with one attached hydrogen (secondary N) is 1. The standard InChI is InChI=1S/C10H16N4O2S/c1-3-5-11-9-8(14(15)16)10(13-7-12-9)17-6-4-2/h7H,3-6H2,1-2H3,(H,11,12,13). The number of aromatic nitrogens is 2. The average Bonchev–Trinajstić information content (AvgIpc) is 2.33. The molecule has 0 amide bonds. The van der Waals surface area contributed by atoms with Crippen molar-refractivity contribution in [3.63, 3.8) is 0 Å². The molecule has 1 aromatic rings. The maximum atomic E-state index is 11.0. The highest BCUT2D eigenvalue weighted by molar-refractivity contribution is 7.99. The lowest BCUT2D eigenvalue weighted by Crippen LogP contribution is -2.07. The summed E-state index contributed by atoms with van der Waals surface area (Å²) in [6.07, 6.45) is 3.20. The van der Waals surface area contributed by atoms with Crippen LogP contribution in [-0.4, -0.2) is 27.2 Å². The maximum absolute atomic E-state index is 11.0. The lowest BCUT2D eigenvalue weighted by atomic mass is 10.4. The summed E-state index contributed by atoms with van der Waals surface area (Å²) in [6.45, 7) is 4.68. The molecule has 6 nitrogen and oxygen atoms in total. The maximum Gasteiger partial charge on any atom is 0.343 e. The van der Waals surface area contributed by atoms with Crippen LogP contribution in [0.4, 0.5) is 11.5 Å². The molecule has 1 aromatic heterocycles. The molecular weight excluding hydrogens is 240 g/mol. The number of thioether (sulfide) groups is 1. The average molecular weight is 256 g/mol. The van der Waals surface area contributed by atoms with Gasteiger partial charge in [0.25, 0.3) is 0 Å². The molecule has 1 rings (SSSR count). The number of hydrogen-bond acceptors (Lipinski definition) is 6. The van der Waals surface area contributed by atoms with Crippen molar-refractivity contribution in [3.05, 3.63) is 16.4 Å². The van der Waals surface area contributed by atoms with E-state index >= 15 is 0 Å². The van der Waals surface area contributed by atoms with Crippen molar-refractivity contribution in [1.82, 2.24) is 9.97 Å². The fraction of sp³-hybridized carbons (Fsp3) is 0.600. The molecule has 0 unspecified atom stereocenters. The van der Waals surface area contributed by atoms with Gasteiger partial charge in [0, 0.05) is 6.54 Å². The Bertz CT molecular complexity index is 360. The van der Waals surface area contributed by atoms with Crippen LogP contribution < -0.4 is 5.32 Å². The second kappa shape index (κ2) is 7.05. The van der Waals surface area contributed by atoms with Crippen molar-refractivity contribution in [2.24, 2.45) is 0 Å². The largest absolute Gasteiger partial charge is 0.364 e. The van der Waals surface area contributed by atoms with E-state index < -0.39 is 4.92 Å². The Morgan fingerprint density at radius 3 is 2.76 bits per heavy atom. The fourth-order valence-electron chi connectivity index (χ4n) is 1.20.